The summed E-state index contributed by atoms with van der Waals surface area (Å²) in [6, 6.07) is 0. The minimum atomic E-state index is -1.81. The van der Waals surface area contributed by atoms with Gasteiger partial charge in [0.2, 0.25) is 5.12 Å². The molecule has 34 heavy (non-hydrogen) atoms. The second-order valence-electron chi connectivity index (χ2n) is 13.1. The van der Waals surface area contributed by atoms with E-state index in [4.69, 9.17) is 34.8 Å². The summed E-state index contributed by atoms with van der Waals surface area (Å²) in [6.07, 6.45) is 16.9. The average Bonchev–Trinajstić information content (AvgIpc) is 3.10. The van der Waals surface area contributed by atoms with Crippen LogP contribution in [-0.4, -0.2) is 14.2 Å². The van der Waals surface area contributed by atoms with Crippen LogP contribution in [0.15, 0.2) is 11.6 Å². The van der Waals surface area contributed by atoms with Crippen molar-refractivity contribution in [3.8, 4) is 0 Å². The van der Waals surface area contributed by atoms with Gasteiger partial charge in [0.25, 0.3) is 3.79 Å². The summed E-state index contributed by atoms with van der Waals surface area (Å²) in [4.78, 5) is 12.3. The van der Waals surface area contributed by atoms with Crippen LogP contribution in [0, 0.1) is 46.3 Å². The molecule has 3 fully saturated rings. The molecule has 4 rings (SSSR count). The number of allylic oxidation sites excluding steroid dienone is 2. The SMILES string of the molecule is CC(C)CCC[C@@H](C)[C@H]1CC[C@H]2[C@@H]3CC=C4C[C@H](SC(=O)C(Cl)(Cl)Cl)CC[C@]4(C)[C@H]3CC[C@]12C. The summed E-state index contributed by atoms with van der Waals surface area (Å²) in [7, 11) is 0. The second kappa shape index (κ2) is 10.4. The van der Waals surface area contributed by atoms with E-state index in [-0.39, 0.29) is 10.4 Å². The molecule has 0 aromatic heterocycles. The highest BCUT2D eigenvalue weighted by atomic mass is 35.6. The van der Waals surface area contributed by atoms with E-state index >= 15 is 0 Å². The molecule has 0 unspecified atom stereocenters. The van der Waals surface area contributed by atoms with Crippen molar-refractivity contribution in [1.29, 1.82) is 0 Å². The van der Waals surface area contributed by atoms with Crippen molar-refractivity contribution in [1.82, 2.24) is 0 Å². The maximum Gasteiger partial charge on any atom is 0.259 e. The van der Waals surface area contributed by atoms with Gasteiger partial charge in [0.1, 0.15) is 0 Å². The molecular weight excluding hydrogens is 503 g/mol. The van der Waals surface area contributed by atoms with Crippen LogP contribution in [0.1, 0.15) is 105 Å². The Morgan fingerprint density at radius 3 is 2.47 bits per heavy atom. The van der Waals surface area contributed by atoms with Crippen molar-refractivity contribution in [2.24, 2.45) is 46.3 Å². The van der Waals surface area contributed by atoms with Gasteiger partial charge < -0.3 is 0 Å². The molecule has 4 aliphatic rings. The first kappa shape index (κ1) is 27.7. The molecule has 3 saturated carbocycles. The van der Waals surface area contributed by atoms with Gasteiger partial charge in [-0.25, -0.2) is 0 Å². The van der Waals surface area contributed by atoms with Crippen molar-refractivity contribution in [2.45, 2.75) is 114 Å². The second-order valence-corrected chi connectivity index (χ2v) is 16.6. The Labute approximate surface area is 227 Å². The standard InChI is InChI=1S/C29H45Cl3OS/c1-18(2)7-6-8-19(3)23-11-12-24-22-10-9-20-17-21(34-26(33)29(30,31)32)13-15-27(20,4)25(22)14-16-28(23,24)5/h9,18-19,21-25H,6-8,10-17H2,1-5H3/t19-,21-,22+,23-,24+,25+,27+,28-/m1/s1. The van der Waals surface area contributed by atoms with Crippen LogP contribution in [0.3, 0.4) is 0 Å². The Hall–Kier alpha value is 0.630. The number of carbonyl (C=O) groups is 1. The molecule has 8 atom stereocenters. The summed E-state index contributed by atoms with van der Waals surface area (Å²) in [5, 5.41) is -0.0799. The highest BCUT2D eigenvalue weighted by Crippen LogP contribution is 2.67. The highest BCUT2D eigenvalue weighted by molar-refractivity contribution is 8.14. The number of alkyl halides is 3. The van der Waals surface area contributed by atoms with Crippen LogP contribution in [0.5, 0.6) is 0 Å². The fourth-order valence-electron chi connectivity index (χ4n) is 8.97. The van der Waals surface area contributed by atoms with Gasteiger partial charge in [-0.3, -0.25) is 4.79 Å². The molecule has 0 aromatic rings. The minimum absolute atomic E-state index is 0.246. The van der Waals surface area contributed by atoms with E-state index in [9.17, 15) is 4.79 Å². The molecule has 0 bridgehead atoms. The summed E-state index contributed by atoms with van der Waals surface area (Å²) in [6.45, 7) is 12.5. The molecule has 5 heteroatoms. The fourth-order valence-corrected chi connectivity index (χ4v) is 10.3. The maximum atomic E-state index is 12.3. The lowest BCUT2D eigenvalue weighted by Gasteiger charge is -2.58. The molecule has 0 amide bonds. The van der Waals surface area contributed by atoms with E-state index in [1.807, 2.05) is 0 Å². The normalized spacial score (nSPS) is 40.9. The van der Waals surface area contributed by atoms with E-state index in [0.717, 1.165) is 48.3 Å². The molecule has 1 nitrogen and oxygen atoms in total. The van der Waals surface area contributed by atoms with Crippen LogP contribution >= 0.6 is 46.6 Å². The molecule has 0 heterocycles. The Bertz CT molecular complexity index is 789. The van der Waals surface area contributed by atoms with Gasteiger partial charge in [0, 0.05) is 5.25 Å². The zero-order chi connectivity index (χ0) is 24.9. The number of rotatable bonds is 6. The predicted molar refractivity (Wildman–Crippen MR) is 150 cm³/mol. The first-order valence-corrected chi connectivity index (χ1v) is 15.8. The first-order chi connectivity index (χ1) is 15.9. The van der Waals surface area contributed by atoms with Crippen LogP contribution in [0.25, 0.3) is 0 Å². The number of halogens is 3. The third-order valence-corrected chi connectivity index (χ3v) is 12.9. The number of hydrogen-bond acceptors (Lipinski definition) is 2. The lowest BCUT2D eigenvalue weighted by Crippen LogP contribution is -2.50. The topological polar surface area (TPSA) is 17.1 Å². The van der Waals surface area contributed by atoms with Gasteiger partial charge >= 0.3 is 0 Å². The van der Waals surface area contributed by atoms with Crippen molar-refractivity contribution in [3.05, 3.63) is 11.6 Å². The van der Waals surface area contributed by atoms with Crippen LogP contribution < -0.4 is 0 Å². The predicted octanol–water partition coefficient (Wildman–Crippen LogP) is 10.0. The average molecular weight is 548 g/mol. The smallest absolute Gasteiger partial charge is 0.259 e. The monoisotopic (exact) mass is 546 g/mol. The zero-order valence-electron chi connectivity index (χ0n) is 21.8. The van der Waals surface area contributed by atoms with Crippen LogP contribution in [-0.2, 0) is 4.79 Å². The third-order valence-electron chi connectivity index (χ3n) is 10.8. The van der Waals surface area contributed by atoms with Crippen LogP contribution in [0.2, 0.25) is 0 Å². The van der Waals surface area contributed by atoms with E-state index in [2.05, 4.69) is 40.7 Å². The molecule has 0 saturated heterocycles. The van der Waals surface area contributed by atoms with E-state index < -0.39 is 3.79 Å². The Kier molecular flexibility index (Phi) is 8.47. The maximum absolute atomic E-state index is 12.3. The molecule has 0 radical (unpaired) electrons. The Balaban J connectivity index is 1.44. The largest absolute Gasteiger partial charge is 0.282 e. The quantitative estimate of drug-likeness (QED) is 0.243. The molecule has 0 N–H and O–H groups in total. The number of hydrogen-bond donors (Lipinski definition) is 0. The summed E-state index contributed by atoms with van der Waals surface area (Å²) >= 11 is 18.8. The molecular formula is C29H45Cl3OS. The lowest BCUT2D eigenvalue weighted by molar-refractivity contribution is -0.110. The first-order valence-electron chi connectivity index (χ1n) is 13.8. The van der Waals surface area contributed by atoms with Gasteiger partial charge in [-0.1, -0.05) is 112 Å². The summed E-state index contributed by atoms with van der Waals surface area (Å²) < 4.78 is -1.81. The number of carbonyl (C=O) groups excluding carboxylic acids is 1. The lowest BCUT2D eigenvalue weighted by atomic mass is 9.47. The molecule has 0 spiro atoms. The van der Waals surface area contributed by atoms with Gasteiger partial charge in [-0.05, 0) is 97.7 Å². The molecule has 0 aliphatic heterocycles. The highest BCUT2D eigenvalue weighted by Gasteiger charge is 2.59. The zero-order valence-corrected chi connectivity index (χ0v) is 24.9. The van der Waals surface area contributed by atoms with Gasteiger partial charge in [0.15, 0.2) is 0 Å². The number of thioether (sulfide) groups is 1. The molecule has 0 aromatic carbocycles. The van der Waals surface area contributed by atoms with Crippen molar-refractivity contribution in [2.75, 3.05) is 0 Å². The summed E-state index contributed by atoms with van der Waals surface area (Å²) in [5.74, 6) is 5.12. The Morgan fingerprint density at radius 1 is 1.06 bits per heavy atom. The third kappa shape index (κ3) is 5.28. The van der Waals surface area contributed by atoms with E-state index in [1.165, 1.54) is 69.5 Å². The van der Waals surface area contributed by atoms with E-state index in [0.29, 0.717) is 10.8 Å². The molecule has 4 aliphatic carbocycles. The fraction of sp³-hybridized carbons (Fsp3) is 0.897. The van der Waals surface area contributed by atoms with Crippen molar-refractivity contribution >= 4 is 51.7 Å². The number of fused-ring (bicyclic) bond motifs is 5. The molecule has 194 valence electrons. The van der Waals surface area contributed by atoms with E-state index in [1.54, 1.807) is 5.57 Å². The van der Waals surface area contributed by atoms with Crippen molar-refractivity contribution in [3.63, 3.8) is 0 Å². The van der Waals surface area contributed by atoms with Gasteiger partial charge in [0.05, 0.1) is 0 Å². The summed E-state index contributed by atoms with van der Waals surface area (Å²) in [5.41, 5.74) is 2.42. The van der Waals surface area contributed by atoms with Crippen molar-refractivity contribution < 1.29 is 4.79 Å². The van der Waals surface area contributed by atoms with Gasteiger partial charge in [-0.2, -0.15) is 0 Å². The minimum Gasteiger partial charge on any atom is -0.282 e. The van der Waals surface area contributed by atoms with Gasteiger partial charge in [-0.15, -0.1) is 0 Å². The van der Waals surface area contributed by atoms with Crippen LogP contribution in [0.4, 0.5) is 0 Å². The Morgan fingerprint density at radius 2 is 1.79 bits per heavy atom.